The second-order valence-electron chi connectivity index (χ2n) is 11.2. The molecule has 4 atom stereocenters. The number of ether oxygens (including phenoxy) is 1. The van der Waals surface area contributed by atoms with Crippen LogP contribution in [0.2, 0.25) is 0 Å². The molecule has 0 aliphatic carbocycles. The molecule has 3 aliphatic rings. The summed E-state index contributed by atoms with van der Waals surface area (Å²) in [7, 11) is 0. The van der Waals surface area contributed by atoms with Crippen molar-refractivity contribution in [2.24, 2.45) is 5.92 Å². The Hall–Kier alpha value is -5.90. The number of hydrogen-bond acceptors (Lipinski definition) is 8. The molecule has 0 unspecified atom stereocenters. The third kappa shape index (κ3) is 4.17. The van der Waals surface area contributed by atoms with Crippen LogP contribution in [0.3, 0.4) is 0 Å². The normalized spacial score (nSPS) is 22.3. The first-order valence-electron chi connectivity index (χ1n) is 14.3. The van der Waals surface area contributed by atoms with E-state index in [1.165, 1.54) is 55.5 Å². The number of amides is 1. The molecule has 1 N–H and O–H groups in total. The van der Waals surface area contributed by atoms with Crippen LogP contribution >= 0.6 is 0 Å². The number of benzene rings is 4. The molecular formula is C35H25N3O7. The lowest BCUT2D eigenvalue weighted by molar-refractivity contribution is -0.384. The molecule has 3 aliphatic heterocycles. The van der Waals surface area contributed by atoms with Gasteiger partial charge in [-0.15, -0.1) is 0 Å². The number of fused-ring (bicyclic) bond motifs is 6. The molecule has 45 heavy (non-hydrogen) atoms. The Morgan fingerprint density at radius 1 is 0.867 bits per heavy atom. The molecule has 0 aromatic heterocycles. The minimum atomic E-state index is -1.53. The predicted molar refractivity (Wildman–Crippen MR) is 164 cm³/mol. The summed E-state index contributed by atoms with van der Waals surface area (Å²) in [6.45, 7) is 1.27. The van der Waals surface area contributed by atoms with Crippen molar-refractivity contribution in [1.29, 1.82) is 0 Å². The summed E-state index contributed by atoms with van der Waals surface area (Å²) in [6, 6.07) is 24.1. The largest absolute Gasteiger partial charge is 0.427 e. The van der Waals surface area contributed by atoms with Crippen molar-refractivity contribution in [3.8, 4) is 5.75 Å². The first-order valence-corrected chi connectivity index (χ1v) is 14.3. The maximum atomic E-state index is 14.8. The smallest absolute Gasteiger partial charge is 0.308 e. The van der Waals surface area contributed by atoms with Crippen molar-refractivity contribution in [3.63, 3.8) is 0 Å². The first-order chi connectivity index (χ1) is 21.7. The Labute approximate surface area is 257 Å². The summed E-state index contributed by atoms with van der Waals surface area (Å²) in [5.74, 6) is -2.80. The Balaban J connectivity index is 1.47. The number of nitrogens with one attached hydrogen (secondary N) is 1. The summed E-state index contributed by atoms with van der Waals surface area (Å²) in [4.78, 5) is 68.0. The summed E-state index contributed by atoms with van der Waals surface area (Å²) in [5, 5.41) is 14.4. The highest BCUT2D eigenvalue weighted by Gasteiger charge is 2.70. The van der Waals surface area contributed by atoms with E-state index in [1.54, 1.807) is 29.3 Å². The monoisotopic (exact) mass is 599 g/mol. The SMILES string of the molecule is CC(=O)Oc1ccc(C(=O)[C@@H]2[C@H](C(=O)c3ccc([N+](=O)[O-])cc3)[C@]3(C(=O)Nc4ccccc43)[C@@H]3c4ccccc4C=CN23)cc1. The molecular weight excluding hydrogens is 574 g/mol. The minimum absolute atomic E-state index is 0.141. The van der Waals surface area contributed by atoms with Gasteiger partial charge in [-0.1, -0.05) is 42.5 Å². The van der Waals surface area contributed by atoms with Gasteiger partial charge >= 0.3 is 5.97 Å². The number of nitro groups is 1. The van der Waals surface area contributed by atoms with E-state index in [4.69, 9.17) is 4.74 Å². The number of carbonyl (C=O) groups excluding carboxylic acids is 4. The fraction of sp³-hybridized carbons (Fsp3) is 0.143. The van der Waals surface area contributed by atoms with E-state index < -0.39 is 51.8 Å². The average Bonchev–Trinajstić information content (AvgIpc) is 3.52. The zero-order chi connectivity index (χ0) is 31.5. The summed E-state index contributed by atoms with van der Waals surface area (Å²) >= 11 is 0. The van der Waals surface area contributed by atoms with E-state index in [0.717, 1.165) is 11.1 Å². The number of ketones is 2. The Bertz CT molecular complexity index is 1950. The second-order valence-corrected chi connectivity index (χ2v) is 11.2. The van der Waals surface area contributed by atoms with Crippen molar-refractivity contribution in [3.05, 3.63) is 141 Å². The highest BCUT2D eigenvalue weighted by atomic mass is 16.6. The van der Waals surface area contributed by atoms with Crippen LogP contribution in [0.1, 0.15) is 50.4 Å². The van der Waals surface area contributed by atoms with Crippen molar-refractivity contribution in [1.82, 2.24) is 4.90 Å². The van der Waals surface area contributed by atoms with E-state index in [9.17, 15) is 29.3 Å². The standard InChI is InChI=1S/C35H25N3O7/c1-20(39)45-25-16-12-23(13-17-25)32(41)30-29(31(40)22-10-14-24(15-11-22)38(43)44)35(27-8-4-5-9-28(27)36-34(35)42)33-26-7-3-2-6-21(26)18-19-37(30)33/h2-19,29-30,33H,1H3,(H,36,42)/t29-,30+,33+,35+/m1/s1. The molecule has 4 aromatic carbocycles. The van der Waals surface area contributed by atoms with Crippen molar-refractivity contribution in [2.75, 3.05) is 5.32 Å². The van der Waals surface area contributed by atoms with Gasteiger partial charge in [0.25, 0.3) is 5.69 Å². The number of anilines is 1. The third-order valence-corrected chi connectivity index (χ3v) is 8.88. The zero-order valence-electron chi connectivity index (χ0n) is 23.9. The van der Waals surface area contributed by atoms with Crippen LogP contribution in [0.15, 0.2) is 103 Å². The van der Waals surface area contributed by atoms with Crippen molar-refractivity contribution in [2.45, 2.75) is 24.4 Å². The number of esters is 1. The van der Waals surface area contributed by atoms with Gasteiger partial charge < -0.3 is 15.0 Å². The number of Topliss-reactive ketones (excluding diaryl/α,β-unsaturated/α-hetero) is 2. The molecule has 10 nitrogen and oxygen atoms in total. The van der Waals surface area contributed by atoms with Gasteiger partial charge in [0, 0.05) is 42.1 Å². The number of carbonyl (C=O) groups is 4. The third-order valence-electron chi connectivity index (χ3n) is 8.88. The molecule has 0 radical (unpaired) electrons. The van der Waals surface area contributed by atoms with Gasteiger partial charge in [-0.2, -0.15) is 0 Å². The Kier molecular flexibility index (Phi) is 6.43. The van der Waals surface area contributed by atoms with Gasteiger partial charge in [0.1, 0.15) is 17.2 Å². The van der Waals surface area contributed by atoms with Gasteiger partial charge in [-0.25, -0.2) is 0 Å². The van der Waals surface area contributed by atoms with Gasteiger partial charge in [-0.05, 0) is 65.2 Å². The van der Waals surface area contributed by atoms with Crippen LogP contribution in [-0.2, 0) is 15.0 Å². The fourth-order valence-electron chi connectivity index (χ4n) is 7.12. The lowest BCUT2D eigenvalue weighted by Crippen LogP contribution is -2.49. The van der Waals surface area contributed by atoms with Crippen LogP contribution < -0.4 is 10.1 Å². The maximum Gasteiger partial charge on any atom is 0.308 e. The second kappa shape index (κ2) is 10.4. The lowest BCUT2D eigenvalue weighted by Gasteiger charge is -2.38. The zero-order valence-corrected chi connectivity index (χ0v) is 23.9. The average molecular weight is 600 g/mol. The number of para-hydroxylation sites is 1. The van der Waals surface area contributed by atoms with Crippen molar-refractivity contribution >= 4 is 40.9 Å². The van der Waals surface area contributed by atoms with Gasteiger partial charge in [0.05, 0.1) is 16.9 Å². The molecule has 7 rings (SSSR count). The summed E-state index contributed by atoms with van der Waals surface area (Å²) in [5.41, 5.74) is 1.46. The Morgan fingerprint density at radius 2 is 1.51 bits per heavy atom. The summed E-state index contributed by atoms with van der Waals surface area (Å²) < 4.78 is 5.15. The van der Waals surface area contributed by atoms with Crippen LogP contribution in [0, 0.1) is 16.0 Å². The molecule has 1 amide bonds. The maximum absolute atomic E-state index is 14.8. The Morgan fingerprint density at radius 3 is 2.22 bits per heavy atom. The number of rotatable bonds is 6. The van der Waals surface area contributed by atoms with Crippen molar-refractivity contribution < 1.29 is 28.8 Å². The van der Waals surface area contributed by atoms with Crippen LogP contribution in [0.4, 0.5) is 11.4 Å². The molecule has 4 aromatic rings. The van der Waals surface area contributed by atoms with Crippen LogP contribution in [-0.4, -0.2) is 39.3 Å². The fourth-order valence-corrected chi connectivity index (χ4v) is 7.12. The molecule has 0 bridgehead atoms. The number of nitro benzene ring substituents is 1. The molecule has 10 heteroatoms. The molecule has 3 heterocycles. The molecule has 1 saturated heterocycles. The lowest BCUT2D eigenvalue weighted by atomic mass is 9.62. The van der Waals surface area contributed by atoms with Crippen LogP contribution in [0.5, 0.6) is 5.75 Å². The highest BCUT2D eigenvalue weighted by molar-refractivity contribution is 6.16. The highest BCUT2D eigenvalue weighted by Crippen LogP contribution is 2.62. The molecule has 1 spiro atoms. The molecule has 1 fully saturated rings. The summed E-state index contributed by atoms with van der Waals surface area (Å²) in [6.07, 6.45) is 3.63. The number of non-ortho nitro benzene ring substituents is 1. The van der Waals surface area contributed by atoms with Gasteiger partial charge in [0.15, 0.2) is 11.6 Å². The van der Waals surface area contributed by atoms with E-state index in [2.05, 4.69) is 5.32 Å². The van der Waals surface area contributed by atoms with Gasteiger partial charge in [0.2, 0.25) is 5.91 Å². The topological polar surface area (TPSA) is 136 Å². The number of nitrogens with zero attached hydrogens (tertiary/aromatic N) is 2. The van der Waals surface area contributed by atoms with E-state index >= 15 is 0 Å². The van der Waals surface area contributed by atoms with Gasteiger partial charge in [-0.3, -0.25) is 29.3 Å². The first kappa shape index (κ1) is 27.9. The van der Waals surface area contributed by atoms with E-state index in [0.29, 0.717) is 11.3 Å². The molecule has 222 valence electrons. The predicted octanol–water partition coefficient (Wildman–Crippen LogP) is 5.50. The van der Waals surface area contributed by atoms with E-state index in [1.807, 2.05) is 36.4 Å². The van der Waals surface area contributed by atoms with Crippen LogP contribution in [0.25, 0.3) is 6.08 Å². The quantitative estimate of drug-likeness (QED) is 0.101. The molecule has 0 saturated carbocycles. The minimum Gasteiger partial charge on any atom is -0.427 e. The van der Waals surface area contributed by atoms with E-state index in [-0.39, 0.29) is 22.6 Å². The number of hydrogen-bond donors (Lipinski definition) is 1.